The number of hydrogen-bond donors (Lipinski definition) is 1. The second-order valence-corrected chi connectivity index (χ2v) is 10.1. The number of aryl methyl sites for hydroxylation is 1. The largest absolute Gasteiger partial charge is 0.495 e. The van der Waals surface area contributed by atoms with E-state index in [1.807, 2.05) is 25.1 Å². The minimum Gasteiger partial charge on any atom is -0.495 e. The van der Waals surface area contributed by atoms with Crippen molar-refractivity contribution in [1.29, 1.82) is 0 Å². The summed E-state index contributed by atoms with van der Waals surface area (Å²) in [5.41, 5.74) is 1.65. The van der Waals surface area contributed by atoms with Crippen LogP contribution in [-0.2, 0) is 11.0 Å². The molecule has 2 aliphatic heterocycles. The number of halogens is 4. The van der Waals surface area contributed by atoms with E-state index in [0.29, 0.717) is 37.3 Å². The number of rotatable bonds is 6. The summed E-state index contributed by atoms with van der Waals surface area (Å²) in [5.74, 6) is -1.58. The molecule has 1 N–H and O–H groups in total. The number of ether oxygens (including phenoxy) is 1. The van der Waals surface area contributed by atoms with Crippen molar-refractivity contribution in [3.8, 4) is 5.75 Å². The molecule has 0 spiro atoms. The van der Waals surface area contributed by atoms with E-state index in [1.165, 1.54) is 30.2 Å². The number of amidine groups is 1. The number of aliphatic imine (C=N–C) groups is 1. The smallest absolute Gasteiger partial charge is 0.416 e. The van der Waals surface area contributed by atoms with Gasteiger partial charge in [0.1, 0.15) is 23.1 Å². The van der Waals surface area contributed by atoms with Gasteiger partial charge >= 0.3 is 12.1 Å². The van der Waals surface area contributed by atoms with E-state index in [-0.39, 0.29) is 23.0 Å². The molecule has 3 aromatic carbocycles. The van der Waals surface area contributed by atoms with E-state index < -0.39 is 36.0 Å². The molecule has 2 heterocycles. The van der Waals surface area contributed by atoms with Crippen molar-refractivity contribution in [2.75, 3.05) is 30.0 Å². The highest BCUT2D eigenvalue weighted by Gasteiger charge is 2.40. The van der Waals surface area contributed by atoms with Gasteiger partial charge in [-0.15, -0.1) is 0 Å². The van der Waals surface area contributed by atoms with Gasteiger partial charge in [-0.2, -0.15) is 13.2 Å². The molecule has 0 aromatic heterocycles. The zero-order valence-electron chi connectivity index (χ0n) is 22.1. The molecule has 1 atom stereocenters. The lowest BCUT2D eigenvalue weighted by atomic mass is 9.89. The van der Waals surface area contributed by atoms with Gasteiger partial charge in [0.05, 0.1) is 30.8 Å². The van der Waals surface area contributed by atoms with E-state index >= 15 is 4.39 Å². The zero-order valence-corrected chi connectivity index (χ0v) is 22.1. The van der Waals surface area contributed by atoms with E-state index in [0.717, 1.165) is 23.4 Å². The lowest BCUT2D eigenvalue weighted by Gasteiger charge is -2.43. The Balaban J connectivity index is 1.62. The van der Waals surface area contributed by atoms with E-state index in [4.69, 9.17) is 4.74 Å². The van der Waals surface area contributed by atoms with E-state index in [2.05, 4.69) is 16.0 Å². The number of fused-ring (bicyclic) bond motifs is 1. The zero-order chi connectivity index (χ0) is 28.6. The van der Waals surface area contributed by atoms with Crippen molar-refractivity contribution < 1.29 is 32.2 Å². The van der Waals surface area contributed by atoms with Crippen molar-refractivity contribution in [2.45, 2.75) is 38.4 Å². The maximum Gasteiger partial charge on any atom is 0.416 e. The highest BCUT2D eigenvalue weighted by atomic mass is 19.4. The van der Waals surface area contributed by atoms with Crippen molar-refractivity contribution in [1.82, 2.24) is 0 Å². The molecule has 40 heavy (non-hydrogen) atoms. The van der Waals surface area contributed by atoms with Crippen LogP contribution in [0.15, 0.2) is 65.7 Å². The molecule has 0 bridgehead atoms. The number of anilines is 2. The monoisotopic (exact) mass is 555 g/mol. The first-order valence-electron chi connectivity index (χ1n) is 13.0. The van der Waals surface area contributed by atoms with Gasteiger partial charge in [0.2, 0.25) is 0 Å². The molecule has 5 rings (SSSR count). The van der Waals surface area contributed by atoms with Gasteiger partial charge in [-0.25, -0.2) is 9.38 Å². The maximum atomic E-state index is 15.1. The number of carbonyl (C=O) groups is 1. The molecule has 3 aromatic rings. The molecule has 210 valence electrons. The van der Waals surface area contributed by atoms with Crippen LogP contribution in [0.2, 0.25) is 0 Å². The topological polar surface area (TPSA) is 65.4 Å². The second kappa shape index (κ2) is 10.8. The van der Waals surface area contributed by atoms with Crippen molar-refractivity contribution in [3.63, 3.8) is 0 Å². The summed E-state index contributed by atoms with van der Waals surface area (Å²) in [4.78, 5) is 20.5. The van der Waals surface area contributed by atoms with Crippen LogP contribution in [0.4, 0.5) is 34.6 Å². The quantitative estimate of drug-likeness (QED) is 0.328. The van der Waals surface area contributed by atoms with Crippen LogP contribution < -0.4 is 14.5 Å². The molecule has 0 aliphatic carbocycles. The minimum absolute atomic E-state index is 0.0204. The van der Waals surface area contributed by atoms with Crippen LogP contribution in [0.1, 0.15) is 42.0 Å². The predicted octanol–water partition coefficient (Wildman–Crippen LogP) is 7.14. The SMILES string of the molecule is COc1ccc(C(F)(F)F)cc1N1C(C2CCN(c3cccc(C)c3)CC2)=Nc2c(F)cccc2C1CC(=O)O. The molecule has 10 heteroatoms. The standard InChI is InChI=1S/C30H29F4N3O3/c1-18-5-3-6-21(15-18)36-13-11-19(12-14-36)29-35-28-22(7-4-8-23(28)31)24(17-27(38)39)37(29)25-16-20(30(32,33)34)9-10-26(25)40-2/h3-10,15-16,19,24H,11-14,17H2,1-2H3,(H,38,39). The first-order chi connectivity index (χ1) is 19.1. The summed E-state index contributed by atoms with van der Waals surface area (Å²) < 4.78 is 62.0. The fourth-order valence-electron chi connectivity index (χ4n) is 5.61. The van der Waals surface area contributed by atoms with Crippen molar-refractivity contribution >= 4 is 28.9 Å². The Morgan fingerprint density at radius 3 is 2.45 bits per heavy atom. The summed E-state index contributed by atoms with van der Waals surface area (Å²) >= 11 is 0. The first kappa shape index (κ1) is 27.5. The lowest BCUT2D eigenvalue weighted by molar-refractivity contribution is -0.138. The Kier molecular flexibility index (Phi) is 7.44. The fraction of sp³-hybridized carbons (Fsp3) is 0.333. The van der Waals surface area contributed by atoms with Gasteiger partial charge in [0.15, 0.2) is 0 Å². The maximum absolute atomic E-state index is 15.1. The Morgan fingerprint density at radius 2 is 1.80 bits per heavy atom. The average molecular weight is 556 g/mol. The summed E-state index contributed by atoms with van der Waals surface area (Å²) in [6.45, 7) is 3.31. The minimum atomic E-state index is -4.64. The van der Waals surface area contributed by atoms with Crippen LogP contribution in [0.25, 0.3) is 0 Å². The van der Waals surface area contributed by atoms with Gasteiger partial charge < -0.3 is 19.6 Å². The number of carboxylic acid groups (broad SMARTS) is 1. The van der Waals surface area contributed by atoms with Gasteiger partial charge in [-0.05, 0) is 61.7 Å². The van der Waals surface area contributed by atoms with Crippen molar-refractivity contribution in [2.24, 2.45) is 10.9 Å². The lowest BCUT2D eigenvalue weighted by Crippen LogP contribution is -2.46. The van der Waals surface area contributed by atoms with Gasteiger partial charge in [0, 0.05) is 30.3 Å². The molecule has 0 saturated carbocycles. The van der Waals surface area contributed by atoms with E-state index in [1.54, 1.807) is 6.07 Å². The third-order valence-corrected chi connectivity index (χ3v) is 7.52. The first-order valence-corrected chi connectivity index (χ1v) is 13.0. The van der Waals surface area contributed by atoms with Crippen LogP contribution in [0, 0.1) is 18.7 Å². The van der Waals surface area contributed by atoms with Crippen LogP contribution in [0.3, 0.4) is 0 Å². The molecular weight excluding hydrogens is 526 g/mol. The molecule has 1 unspecified atom stereocenters. The molecule has 0 amide bonds. The number of para-hydroxylation sites is 1. The predicted molar refractivity (Wildman–Crippen MR) is 145 cm³/mol. The third-order valence-electron chi connectivity index (χ3n) is 7.52. The van der Waals surface area contributed by atoms with E-state index in [9.17, 15) is 23.1 Å². The normalized spacial score (nSPS) is 17.9. The molecule has 0 radical (unpaired) electrons. The molecular formula is C30H29F4N3O3. The van der Waals surface area contributed by atoms with Crippen LogP contribution >= 0.6 is 0 Å². The number of alkyl halides is 3. The summed E-state index contributed by atoms with van der Waals surface area (Å²) in [5, 5.41) is 9.84. The number of benzene rings is 3. The summed E-state index contributed by atoms with van der Waals surface area (Å²) in [6.07, 6.45) is -3.93. The number of carboxylic acids is 1. The number of piperidine rings is 1. The molecule has 1 fully saturated rings. The van der Waals surface area contributed by atoms with Gasteiger partial charge in [-0.1, -0.05) is 24.3 Å². The Labute approximate surface area is 229 Å². The Bertz CT molecular complexity index is 1450. The summed E-state index contributed by atoms with van der Waals surface area (Å²) in [6, 6.07) is 14.5. The Hall–Kier alpha value is -4.08. The fourth-order valence-corrected chi connectivity index (χ4v) is 5.61. The van der Waals surface area contributed by atoms with Gasteiger partial charge in [-0.3, -0.25) is 4.79 Å². The van der Waals surface area contributed by atoms with Crippen LogP contribution in [-0.4, -0.2) is 37.1 Å². The number of hydrogen-bond acceptors (Lipinski definition) is 5. The third kappa shape index (κ3) is 5.35. The molecule has 1 saturated heterocycles. The van der Waals surface area contributed by atoms with Crippen molar-refractivity contribution in [3.05, 3.63) is 83.2 Å². The number of aliphatic carboxylic acids is 1. The highest BCUT2D eigenvalue weighted by molar-refractivity contribution is 6.05. The van der Waals surface area contributed by atoms with Crippen LogP contribution in [0.5, 0.6) is 5.75 Å². The Morgan fingerprint density at radius 1 is 1.07 bits per heavy atom. The highest BCUT2D eigenvalue weighted by Crippen LogP contribution is 2.47. The second-order valence-electron chi connectivity index (χ2n) is 10.1. The summed E-state index contributed by atoms with van der Waals surface area (Å²) in [7, 11) is 1.34. The molecule has 6 nitrogen and oxygen atoms in total. The average Bonchev–Trinajstić information content (AvgIpc) is 2.92. The molecule has 2 aliphatic rings. The van der Waals surface area contributed by atoms with Gasteiger partial charge in [0.25, 0.3) is 0 Å². The number of nitrogens with zero attached hydrogens (tertiary/aromatic N) is 3. The number of methoxy groups -OCH3 is 1.